The van der Waals surface area contributed by atoms with Gasteiger partial charge in [0.05, 0.1) is 6.61 Å². The van der Waals surface area contributed by atoms with E-state index in [4.69, 9.17) is 4.74 Å². The highest BCUT2D eigenvalue weighted by molar-refractivity contribution is 9.09. The number of allylic oxidation sites excluding steroid dienone is 1. The fraction of sp³-hybridized carbons (Fsp3) is 0.700. The molecular weight excluding hydrogens is 232 g/mol. The van der Waals surface area contributed by atoms with Crippen molar-refractivity contribution in [2.45, 2.75) is 27.2 Å². The minimum Gasteiger partial charge on any atom is -0.463 e. The largest absolute Gasteiger partial charge is 0.463 e. The molecule has 0 aliphatic heterocycles. The molecule has 0 rings (SSSR count). The van der Waals surface area contributed by atoms with Crippen molar-refractivity contribution >= 4 is 21.9 Å². The third kappa shape index (κ3) is 5.86. The maximum atomic E-state index is 11.3. The monoisotopic (exact) mass is 248 g/mol. The van der Waals surface area contributed by atoms with E-state index in [9.17, 15) is 4.79 Å². The minimum absolute atomic E-state index is 0.208. The Hall–Kier alpha value is -0.310. The van der Waals surface area contributed by atoms with E-state index < -0.39 is 0 Å². The van der Waals surface area contributed by atoms with E-state index in [1.807, 2.05) is 13.0 Å². The van der Waals surface area contributed by atoms with Crippen molar-refractivity contribution in [3.8, 4) is 0 Å². The molecule has 0 unspecified atom stereocenters. The van der Waals surface area contributed by atoms with Crippen LogP contribution in [0.5, 0.6) is 0 Å². The van der Waals surface area contributed by atoms with Crippen LogP contribution in [0.4, 0.5) is 0 Å². The van der Waals surface area contributed by atoms with Gasteiger partial charge < -0.3 is 4.74 Å². The lowest BCUT2D eigenvalue weighted by Crippen LogP contribution is -2.08. The summed E-state index contributed by atoms with van der Waals surface area (Å²) in [7, 11) is 0. The van der Waals surface area contributed by atoms with Gasteiger partial charge in [-0.25, -0.2) is 4.79 Å². The van der Waals surface area contributed by atoms with Crippen molar-refractivity contribution in [2.24, 2.45) is 5.92 Å². The molecule has 0 heterocycles. The molecule has 0 fully saturated rings. The van der Waals surface area contributed by atoms with Crippen LogP contribution in [0.15, 0.2) is 11.6 Å². The van der Waals surface area contributed by atoms with Crippen molar-refractivity contribution in [3.63, 3.8) is 0 Å². The molecule has 3 heteroatoms. The van der Waals surface area contributed by atoms with Gasteiger partial charge in [0, 0.05) is 10.9 Å². The van der Waals surface area contributed by atoms with Crippen LogP contribution in [0.3, 0.4) is 0 Å². The van der Waals surface area contributed by atoms with Crippen molar-refractivity contribution < 1.29 is 9.53 Å². The molecule has 0 N–H and O–H groups in total. The lowest BCUT2D eigenvalue weighted by Gasteiger charge is -2.04. The Kier molecular flexibility index (Phi) is 6.96. The number of rotatable bonds is 5. The molecule has 0 saturated heterocycles. The van der Waals surface area contributed by atoms with Crippen LogP contribution in [0, 0.1) is 5.92 Å². The summed E-state index contributed by atoms with van der Waals surface area (Å²) >= 11 is 3.27. The average molecular weight is 249 g/mol. The molecule has 0 spiro atoms. The predicted molar refractivity (Wildman–Crippen MR) is 58.0 cm³/mol. The van der Waals surface area contributed by atoms with E-state index in [1.54, 1.807) is 0 Å². The van der Waals surface area contributed by atoms with E-state index in [2.05, 4.69) is 29.8 Å². The van der Waals surface area contributed by atoms with Gasteiger partial charge >= 0.3 is 5.97 Å². The van der Waals surface area contributed by atoms with Gasteiger partial charge in [-0.3, -0.25) is 0 Å². The summed E-state index contributed by atoms with van der Waals surface area (Å²) in [6.07, 6.45) is 2.86. The third-order valence-corrected chi connectivity index (χ3v) is 2.12. The molecule has 0 saturated carbocycles. The fourth-order valence-corrected chi connectivity index (χ4v) is 1.25. The Labute approximate surface area is 88.5 Å². The number of halogens is 1. The van der Waals surface area contributed by atoms with Gasteiger partial charge in [0.1, 0.15) is 0 Å². The van der Waals surface area contributed by atoms with E-state index in [1.165, 1.54) is 0 Å². The maximum absolute atomic E-state index is 11.3. The number of ether oxygens (including phenoxy) is 1. The first-order chi connectivity index (χ1) is 6.11. The van der Waals surface area contributed by atoms with E-state index >= 15 is 0 Å². The van der Waals surface area contributed by atoms with Gasteiger partial charge in [-0.2, -0.15) is 0 Å². The SMILES string of the molecule is CCOC(=O)C(=CCC(C)C)CBr. The Morgan fingerprint density at radius 2 is 2.15 bits per heavy atom. The van der Waals surface area contributed by atoms with Gasteiger partial charge in [-0.1, -0.05) is 35.9 Å². The zero-order valence-electron chi connectivity index (χ0n) is 8.47. The smallest absolute Gasteiger partial charge is 0.334 e. The summed E-state index contributed by atoms with van der Waals surface area (Å²) in [6, 6.07) is 0. The number of alkyl halides is 1. The van der Waals surface area contributed by atoms with Crippen LogP contribution in [0.2, 0.25) is 0 Å². The molecule has 0 aliphatic rings. The average Bonchev–Trinajstić information content (AvgIpc) is 2.05. The summed E-state index contributed by atoms with van der Waals surface area (Å²) in [4.78, 5) is 11.3. The summed E-state index contributed by atoms with van der Waals surface area (Å²) in [5.41, 5.74) is 0.718. The standard InChI is InChI=1S/C10H17BrO2/c1-4-13-10(12)9(7-11)6-5-8(2)3/h6,8H,4-5,7H2,1-3H3. The second-order valence-electron chi connectivity index (χ2n) is 3.21. The van der Waals surface area contributed by atoms with E-state index in [0.717, 1.165) is 12.0 Å². The van der Waals surface area contributed by atoms with Crippen LogP contribution in [0.1, 0.15) is 27.2 Å². The Morgan fingerprint density at radius 3 is 2.54 bits per heavy atom. The van der Waals surface area contributed by atoms with Crippen molar-refractivity contribution in [1.82, 2.24) is 0 Å². The lowest BCUT2D eigenvalue weighted by molar-refractivity contribution is -0.138. The highest BCUT2D eigenvalue weighted by Gasteiger charge is 2.08. The quantitative estimate of drug-likeness (QED) is 0.425. The second-order valence-corrected chi connectivity index (χ2v) is 3.77. The molecule has 2 nitrogen and oxygen atoms in total. The van der Waals surface area contributed by atoms with Crippen LogP contribution in [-0.4, -0.2) is 17.9 Å². The molecule has 0 radical (unpaired) electrons. The first-order valence-corrected chi connectivity index (χ1v) is 5.66. The molecule has 76 valence electrons. The minimum atomic E-state index is -0.208. The van der Waals surface area contributed by atoms with Crippen LogP contribution < -0.4 is 0 Å². The molecule has 0 bridgehead atoms. The third-order valence-electron chi connectivity index (χ3n) is 1.52. The second kappa shape index (κ2) is 7.13. The molecule has 0 amide bonds. The molecule has 0 aliphatic carbocycles. The molecular formula is C10H17BrO2. The Morgan fingerprint density at radius 1 is 1.54 bits per heavy atom. The number of hydrogen-bond acceptors (Lipinski definition) is 2. The number of carbonyl (C=O) groups is 1. The van der Waals surface area contributed by atoms with Crippen LogP contribution in [0.25, 0.3) is 0 Å². The summed E-state index contributed by atoms with van der Waals surface area (Å²) in [6.45, 7) is 6.48. The van der Waals surface area contributed by atoms with Gasteiger partial charge in [-0.05, 0) is 19.3 Å². The molecule has 13 heavy (non-hydrogen) atoms. The van der Waals surface area contributed by atoms with Crippen LogP contribution >= 0.6 is 15.9 Å². The van der Waals surface area contributed by atoms with Crippen LogP contribution in [-0.2, 0) is 9.53 Å². The van der Waals surface area contributed by atoms with E-state index in [-0.39, 0.29) is 5.97 Å². The fourth-order valence-electron chi connectivity index (χ4n) is 0.794. The maximum Gasteiger partial charge on any atom is 0.334 e. The summed E-state index contributed by atoms with van der Waals surface area (Å²) in [5.74, 6) is 0.364. The molecule has 0 atom stereocenters. The normalized spacial score (nSPS) is 11.9. The molecule has 0 aromatic carbocycles. The van der Waals surface area contributed by atoms with Gasteiger partial charge in [0.25, 0.3) is 0 Å². The number of esters is 1. The van der Waals surface area contributed by atoms with E-state index in [0.29, 0.717) is 17.9 Å². The number of hydrogen-bond donors (Lipinski definition) is 0. The lowest BCUT2D eigenvalue weighted by atomic mass is 10.1. The predicted octanol–water partition coefficient (Wildman–Crippen LogP) is 2.92. The highest BCUT2D eigenvalue weighted by atomic mass is 79.9. The van der Waals surface area contributed by atoms with Gasteiger partial charge in [-0.15, -0.1) is 0 Å². The van der Waals surface area contributed by atoms with Gasteiger partial charge in [0.15, 0.2) is 0 Å². The molecule has 0 aromatic rings. The molecule has 0 aromatic heterocycles. The first kappa shape index (κ1) is 12.7. The van der Waals surface area contributed by atoms with Crippen molar-refractivity contribution in [3.05, 3.63) is 11.6 Å². The number of carbonyl (C=O) groups excluding carboxylic acids is 1. The Bertz CT molecular complexity index is 185. The van der Waals surface area contributed by atoms with Crippen molar-refractivity contribution in [1.29, 1.82) is 0 Å². The first-order valence-electron chi connectivity index (χ1n) is 4.53. The van der Waals surface area contributed by atoms with Crippen molar-refractivity contribution in [2.75, 3.05) is 11.9 Å². The van der Waals surface area contributed by atoms with Gasteiger partial charge in [0.2, 0.25) is 0 Å². The topological polar surface area (TPSA) is 26.3 Å². The zero-order valence-corrected chi connectivity index (χ0v) is 10.1. The zero-order chi connectivity index (χ0) is 10.3. The highest BCUT2D eigenvalue weighted by Crippen LogP contribution is 2.08. The summed E-state index contributed by atoms with van der Waals surface area (Å²) < 4.78 is 4.89. The Balaban J connectivity index is 4.14. The summed E-state index contributed by atoms with van der Waals surface area (Å²) in [5, 5.41) is 0.568.